The number of carbonyl (C=O) groups is 1. The number of rotatable bonds is 7. The maximum Gasteiger partial charge on any atom is 0.338 e. The predicted octanol–water partition coefficient (Wildman–Crippen LogP) is 7.02. The van der Waals surface area contributed by atoms with Gasteiger partial charge in [0.15, 0.2) is 0 Å². The number of nitrogens with zero attached hydrogens (tertiary/aromatic N) is 2. The second-order valence-electron chi connectivity index (χ2n) is 7.77. The van der Waals surface area contributed by atoms with Crippen LogP contribution in [0, 0.1) is 0 Å². The highest BCUT2D eigenvalue weighted by atomic mass is 79.9. The molecule has 0 aliphatic carbocycles. The van der Waals surface area contributed by atoms with Gasteiger partial charge in [-0.1, -0.05) is 29.3 Å². The van der Waals surface area contributed by atoms with E-state index in [9.17, 15) is 15.0 Å². The fraction of sp³-hybridized carbons (Fsp3) is 0.348. The molecule has 0 atom stereocenters. The van der Waals surface area contributed by atoms with Crippen molar-refractivity contribution in [2.75, 3.05) is 13.1 Å². The van der Waals surface area contributed by atoms with E-state index in [4.69, 9.17) is 23.2 Å². The Balaban J connectivity index is 1.88. The number of benzene rings is 2. The van der Waals surface area contributed by atoms with Crippen molar-refractivity contribution in [1.29, 1.82) is 0 Å². The van der Waals surface area contributed by atoms with Crippen LogP contribution in [-0.2, 0) is 18.8 Å². The van der Waals surface area contributed by atoms with Crippen LogP contribution in [0.2, 0.25) is 10.0 Å². The molecule has 2 aromatic carbocycles. The number of halogens is 3. The molecule has 0 radical (unpaired) electrons. The van der Waals surface area contributed by atoms with Crippen molar-refractivity contribution in [1.82, 2.24) is 9.47 Å². The molecule has 32 heavy (non-hydrogen) atoms. The molecular weight excluding hydrogens is 535 g/mol. The Kier molecular flexibility index (Phi) is 7.32. The van der Waals surface area contributed by atoms with Crippen LogP contribution in [0.5, 0.6) is 5.75 Å². The molecule has 3 aromatic rings. The quantitative estimate of drug-likeness (QED) is 0.305. The van der Waals surface area contributed by atoms with E-state index in [0.717, 1.165) is 36.3 Å². The van der Waals surface area contributed by atoms with Gasteiger partial charge in [-0.2, -0.15) is 0 Å². The zero-order valence-corrected chi connectivity index (χ0v) is 21.4. The van der Waals surface area contributed by atoms with Crippen LogP contribution in [0.3, 0.4) is 0 Å². The number of aryl methyl sites for hydroxylation is 1. The molecule has 1 aliphatic heterocycles. The second-order valence-corrected chi connectivity index (χ2v) is 10.4. The lowest BCUT2D eigenvalue weighted by Crippen LogP contribution is -2.19. The number of fused-ring (bicyclic) bond motifs is 1. The van der Waals surface area contributed by atoms with Gasteiger partial charge in [-0.15, -0.1) is 11.8 Å². The number of hydrogen-bond donors (Lipinski definition) is 2. The van der Waals surface area contributed by atoms with E-state index in [1.165, 1.54) is 11.8 Å². The zero-order valence-electron chi connectivity index (χ0n) is 17.5. The SMILES string of the molecule is CCn1c(CSc2c(Cl)cccc2Cl)c(C(=O)O)c2c(CN3CCCC3)c(O)c(Br)cc21. The van der Waals surface area contributed by atoms with Crippen molar-refractivity contribution >= 4 is 67.8 Å². The monoisotopic (exact) mass is 556 g/mol. The molecule has 4 rings (SSSR count). The number of carboxylic acid groups (broad SMARTS) is 1. The van der Waals surface area contributed by atoms with E-state index in [1.54, 1.807) is 18.2 Å². The van der Waals surface area contributed by atoms with E-state index < -0.39 is 5.97 Å². The van der Waals surface area contributed by atoms with E-state index in [-0.39, 0.29) is 11.3 Å². The molecule has 0 amide bonds. The van der Waals surface area contributed by atoms with Crippen LogP contribution in [0.25, 0.3) is 10.9 Å². The Morgan fingerprint density at radius 2 is 1.88 bits per heavy atom. The molecule has 5 nitrogen and oxygen atoms in total. The van der Waals surface area contributed by atoms with Gasteiger partial charge < -0.3 is 14.8 Å². The summed E-state index contributed by atoms with van der Waals surface area (Å²) in [5.41, 5.74) is 2.36. The van der Waals surface area contributed by atoms with Crippen LogP contribution >= 0.6 is 50.9 Å². The number of likely N-dealkylation sites (tertiary alicyclic amines) is 1. The summed E-state index contributed by atoms with van der Waals surface area (Å²) in [6.07, 6.45) is 2.22. The van der Waals surface area contributed by atoms with Crippen LogP contribution in [0.4, 0.5) is 0 Å². The number of carboxylic acids is 1. The van der Waals surface area contributed by atoms with Gasteiger partial charge in [0, 0.05) is 40.4 Å². The van der Waals surface area contributed by atoms with Crippen molar-refractivity contribution < 1.29 is 15.0 Å². The molecule has 1 fully saturated rings. The largest absolute Gasteiger partial charge is 0.506 e. The molecule has 170 valence electrons. The number of phenolic OH excluding ortho intramolecular Hbond substituents is 1. The number of hydrogen-bond acceptors (Lipinski definition) is 4. The first kappa shape index (κ1) is 23.8. The van der Waals surface area contributed by atoms with Gasteiger partial charge in [-0.3, -0.25) is 4.90 Å². The molecule has 0 bridgehead atoms. The summed E-state index contributed by atoms with van der Waals surface area (Å²) < 4.78 is 2.57. The van der Waals surface area contributed by atoms with Gasteiger partial charge in [-0.25, -0.2) is 4.79 Å². The van der Waals surface area contributed by atoms with Crippen LogP contribution in [0.1, 0.15) is 41.4 Å². The molecule has 0 spiro atoms. The number of aromatic hydroxyl groups is 1. The summed E-state index contributed by atoms with van der Waals surface area (Å²) >= 11 is 17.6. The molecule has 1 saturated heterocycles. The Morgan fingerprint density at radius 1 is 1.22 bits per heavy atom. The lowest BCUT2D eigenvalue weighted by atomic mass is 10.0. The van der Waals surface area contributed by atoms with Crippen molar-refractivity contribution in [3.8, 4) is 5.75 Å². The smallest absolute Gasteiger partial charge is 0.338 e. The van der Waals surface area contributed by atoms with E-state index in [0.29, 0.717) is 50.0 Å². The van der Waals surface area contributed by atoms with Crippen molar-refractivity contribution in [2.24, 2.45) is 0 Å². The average molecular weight is 558 g/mol. The molecule has 2 N–H and O–H groups in total. The Hall–Kier alpha value is -1.38. The van der Waals surface area contributed by atoms with Crippen LogP contribution < -0.4 is 0 Å². The summed E-state index contributed by atoms with van der Waals surface area (Å²) in [5.74, 6) is -0.518. The topological polar surface area (TPSA) is 65.7 Å². The molecule has 1 aliphatic rings. The van der Waals surface area contributed by atoms with Gasteiger partial charge in [0.2, 0.25) is 0 Å². The van der Waals surface area contributed by atoms with E-state index >= 15 is 0 Å². The zero-order chi connectivity index (χ0) is 23.0. The Labute approximate surface area is 209 Å². The van der Waals surface area contributed by atoms with Gasteiger partial charge in [0.25, 0.3) is 0 Å². The summed E-state index contributed by atoms with van der Waals surface area (Å²) in [7, 11) is 0. The van der Waals surface area contributed by atoms with Gasteiger partial charge in [0.1, 0.15) is 5.75 Å². The predicted molar refractivity (Wildman–Crippen MR) is 134 cm³/mol. The third-order valence-electron chi connectivity index (χ3n) is 5.87. The number of thioether (sulfide) groups is 1. The fourth-order valence-corrected chi connectivity index (χ4v) is 6.59. The second kappa shape index (κ2) is 9.85. The van der Waals surface area contributed by atoms with Gasteiger partial charge in [0.05, 0.1) is 25.6 Å². The van der Waals surface area contributed by atoms with Crippen molar-refractivity contribution in [2.45, 2.75) is 43.5 Å². The summed E-state index contributed by atoms with van der Waals surface area (Å²) in [4.78, 5) is 15.5. The maximum atomic E-state index is 12.5. The molecule has 0 unspecified atom stereocenters. The molecule has 0 saturated carbocycles. The summed E-state index contributed by atoms with van der Waals surface area (Å²) in [5, 5.41) is 22.8. The third-order valence-corrected chi connectivity index (χ3v) is 8.48. The first-order valence-electron chi connectivity index (χ1n) is 10.4. The molecule has 9 heteroatoms. The van der Waals surface area contributed by atoms with Gasteiger partial charge >= 0.3 is 5.97 Å². The average Bonchev–Trinajstić information content (AvgIpc) is 3.36. The minimum Gasteiger partial charge on any atom is -0.506 e. The normalized spacial score (nSPS) is 14.5. The minimum atomic E-state index is -1.01. The maximum absolute atomic E-state index is 12.5. The number of phenols is 1. The van der Waals surface area contributed by atoms with Crippen molar-refractivity contribution in [3.05, 3.63) is 55.6 Å². The van der Waals surface area contributed by atoms with E-state index in [1.807, 2.05) is 17.6 Å². The van der Waals surface area contributed by atoms with Crippen molar-refractivity contribution in [3.63, 3.8) is 0 Å². The lowest BCUT2D eigenvalue weighted by Gasteiger charge is -2.18. The minimum absolute atomic E-state index is 0.105. The summed E-state index contributed by atoms with van der Waals surface area (Å²) in [6.45, 7) is 4.98. The highest BCUT2D eigenvalue weighted by molar-refractivity contribution is 9.10. The molecular formula is C23H23BrCl2N2O3S. The number of aromatic carboxylic acids is 1. The molecule has 1 aromatic heterocycles. The molecule has 2 heterocycles. The first-order chi connectivity index (χ1) is 15.3. The highest BCUT2D eigenvalue weighted by Crippen LogP contribution is 2.43. The Morgan fingerprint density at radius 3 is 2.47 bits per heavy atom. The third kappa shape index (κ3) is 4.38. The van der Waals surface area contributed by atoms with Crippen LogP contribution in [0.15, 0.2) is 33.6 Å². The lowest BCUT2D eigenvalue weighted by molar-refractivity contribution is 0.0697. The summed E-state index contributed by atoms with van der Waals surface area (Å²) in [6, 6.07) is 7.13. The number of aromatic nitrogens is 1. The van der Waals surface area contributed by atoms with E-state index in [2.05, 4.69) is 20.8 Å². The van der Waals surface area contributed by atoms with Gasteiger partial charge in [-0.05, 0) is 67.0 Å². The highest BCUT2D eigenvalue weighted by Gasteiger charge is 2.28. The Bertz CT molecular complexity index is 1170. The fourth-order valence-electron chi connectivity index (χ4n) is 4.42. The standard InChI is InChI=1S/C23H23BrCl2N2O3S/c1-2-28-17-10-14(24)21(29)13(11-27-8-3-4-9-27)19(17)20(23(30)31)18(28)12-32-22-15(25)6-5-7-16(22)26/h5-7,10,29H,2-4,8-9,11-12H2,1H3,(H,30,31). The van der Waals surface area contributed by atoms with Crippen LogP contribution in [-0.4, -0.2) is 38.7 Å². The first-order valence-corrected chi connectivity index (χ1v) is 12.9.